The summed E-state index contributed by atoms with van der Waals surface area (Å²) in [5, 5.41) is 12.2. The molecule has 0 aliphatic heterocycles. The van der Waals surface area contributed by atoms with Crippen LogP contribution in [0.4, 0.5) is 4.79 Å². The summed E-state index contributed by atoms with van der Waals surface area (Å²) in [6.07, 6.45) is -1.36. The maximum Gasteiger partial charge on any atom is 0.409 e. The molecule has 0 bridgehead atoms. The van der Waals surface area contributed by atoms with E-state index in [0.717, 1.165) is 16.9 Å². The molecule has 1 amide bonds. The van der Waals surface area contributed by atoms with E-state index in [1.165, 1.54) is 0 Å². The van der Waals surface area contributed by atoms with Gasteiger partial charge < -0.3 is 14.6 Å². The topological polar surface area (TPSA) is 67.8 Å². The van der Waals surface area contributed by atoms with Crippen LogP contribution in [0, 0.1) is 0 Å². The number of nitrogens with one attached hydrogen (secondary N) is 1. The Hall–Kier alpha value is -2.53. The van der Waals surface area contributed by atoms with E-state index >= 15 is 0 Å². The van der Waals surface area contributed by atoms with Gasteiger partial charge in [0.1, 0.15) is 18.6 Å². The minimum atomic E-state index is -1.00. The summed E-state index contributed by atoms with van der Waals surface area (Å²) in [7, 11) is 1.59. The minimum absolute atomic E-state index is 0.169. The van der Waals surface area contributed by atoms with Crippen LogP contribution in [0.3, 0.4) is 0 Å². The summed E-state index contributed by atoms with van der Waals surface area (Å²) < 4.78 is 10.1. The fourth-order valence-electron chi connectivity index (χ4n) is 1.94. The van der Waals surface area contributed by atoms with Crippen molar-refractivity contribution in [3.05, 3.63) is 65.7 Å². The number of alkyl carbamates (subject to hydrolysis) is 1. The van der Waals surface area contributed by atoms with Crippen molar-refractivity contribution < 1.29 is 19.4 Å². The first kappa shape index (κ1) is 15.9. The number of aliphatic hydroxyl groups excluding tert-OH is 1. The van der Waals surface area contributed by atoms with E-state index in [1.54, 1.807) is 19.2 Å². The summed E-state index contributed by atoms with van der Waals surface area (Å²) in [6.45, 7) is 0.169. The molecule has 5 heteroatoms. The van der Waals surface area contributed by atoms with Gasteiger partial charge in [0.05, 0.1) is 7.11 Å². The molecule has 2 rings (SSSR count). The molecule has 0 aliphatic rings. The average molecular weight is 301 g/mol. The largest absolute Gasteiger partial charge is 0.497 e. The van der Waals surface area contributed by atoms with Crippen LogP contribution in [0.1, 0.15) is 11.1 Å². The van der Waals surface area contributed by atoms with Crippen molar-refractivity contribution in [2.24, 2.45) is 0 Å². The molecule has 2 aromatic carbocycles. The van der Waals surface area contributed by atoms with Crippen LogP contribution in [0.5, 0.6) is 5.75 Å². The predicted octanol–water partition coefficient (Wildman–Crippen LogP) is 2.48. The van der Waals surface area contributed by atoms with Gasteiger partial charge in [-0.3, -0.25) is 5.32 Å². The number of aliphatic hydroxyl groups is 1. The number of carbonyl (C=O) groups is 1. The molecule has 116 valence electrons. The Morgan fingerprint density at radius 1 is 1.09 bits per heavy atom. The normalized spacial score (nSPS) is 11.5. The fraction of sp³-hybridized carbons (Fsp3) is 0.235. The molecule has 1 atom stereocenters. The van der Waals surface area contributed by atoms with Crippen LogP contribution < -0.4 is 10.1 Å². The van der Waals surface area contributed by atoms with E-state index in [2.05, 4.69) is 5.32 Å². The molecule has 0 heterocycles. The lowest BCUT2D eigenvalue weighted by atomic mass is 10.1. The van der Waals surface area contributed by atoms with Gasteiger partial charge >= 0.3 is 6.09 Å². The molecule has 22 heavy (non-hydrogen) atoms. The lowest BCUT2D eigenvalue weighted by Crippen LogP contribution is -2.36. The third kappa shape index (κ3) is 5.10. The van der Waals surface area contributed by atoms with Gasteiger partial charge in [-0.2, -0.15) is 0 Å². The predicted molar refractivity (Wildman–Crippen MR) is 82.5 cm³/mol. The third-order valence-electron chi connectivity index (χ3n) is 3.09. The van der Waals surface area contributed by atoms with Gasteiger partial charge in [0.25, 0.3) is 0 Å². The number of hydrogen-bond acceptors (Lipinski definition) is 4. The Morgan fingerprint density at radius 2 is 1.77 bits per heavy atom. The summed E-state index contributed by atoms with van der Waals surface area (Å²) >= 11 is 0. The molecule has 2 aromatic rings. The van der Waals surface area contributed by atoms with Crippen LogP contribution in [0.2, 0.25) is 0 Å². The van der Waals surface area contributed by atoms with Crippen LogP contribution in [0.25, 0.3) is 0 Å². The smallest absolute Gasteiger partial charge is 0.409 e. The van der Waals surface area contributed by atoms with Gasteiger partial charge in [0.2, 0.25) is 0 Å². The van der Waals surface area contributed by atoms with Crippen LogP contribution >= 0.6 is 0 Å². The Kier molecular flexibility index (Phi) is 5.80. The Morgan fingerprint density at radius 3 is 2.41 bits per heavy atom. The zero-order valence-electron chi connectivity index (χ0n) is 12.4. The standard InChI is InChI=1S/C17H19NO4/c1-21-15-9-7-13(8-10-15)11-16(19)18-17(20)22-12-14-5-3-2-4-6-14/h2-10,16,19H,11-12H2,1H3,(H,18,20)/t16-/m1/s1. The molecule has 0 radical (unpaired) electrons. The molecular formula is C17H19NO4. The first-order valence-electron chi connectivity index (χ1n) is 6.95. The molecule has 0 saturated heterocycles. The second kappa shape index (κ2) is 8.05. The molecule has 2 N–H and O–H groups in total. The summed E-state index contributed by atoms with van der Waals surface area (Å²) in [5.41, 5.74) is 1.78. The molecular weight excluding hydrogens is 282 g/mol. The number of carbonyl (C=O) groups excluding carboxylic acids is 1. The monoisotopic (exact) mass is 301 g/mol. The van der Waals surface area contributed by atoms with E-state index in [9.17, 15) is 9.90 Å². The summed E-state index contributed by atoms with van der Waals surface area (Å²) in [4.78, 5) is 11.6. The number of methoxy groups -OCH3 is 1. The fourth-order valence-corrected chi connectivity index (χ4v) is 1.94. The zero-order valence-corrected chi connectivity index (χ0v) is 12.4. The van der Waals surface area contributed by atoms with Crippen molar-refractivity contribution in [2.45, 2.75) is 19.3 Å². The van der Waals surface area contributed by atoms with Gasteiger partial charge in [-0.05, 0) is 23.3 Å². The van der Waals surface area contributed by atoms with Crippen molar-refractivity contribution in [2.75, 3.05) is 7.11 Å². The number of hydrogen-bond donors (Lipinski definition) is 2. The first-order valence-corrected chi connectivity index (χ1v) is 6.95. The highest BCUT2D eigenvalue weighted by molar-refractivity contribution is 5.67. The van der Waals surface area contributed by atoms with Crippen LogP contribution in [0.15, 0.2) is 54.6 Å². The third-order valence-corrected chi connectivity index (χ3v) is 3.09. The van der Waals surface area contributed by atoms with Crippen molar-refractivity contribution in [1.29, 1.82) is 0 Å². The van der Waals surface area contributed by atoms with Crippen molar-refractivity contribution in [3.8, 4) is 5.75 Å². The van der Waals surface area contributed by atoms with Gasteiger partial charge in [0, 0.05) is 6.42 Å². The number of ether oxygens (including phenoxy) is 2. The maximum atomic E-state index is 11.6. The molecule has 0 aromatic heterocycles. The second-order valence-corrected chi connectivity index (χ2v) is 4.77. The van der Waals surface area contributed by atoms with Crippen LogP contribution in [-0.2, 0) is 17.8 Å². The highest BCUT2D eigenvalue weighted by Crippen LogP contribution is 2.12. The Labute approximate surface area is 129 Å². The summed E-state index contributed by atoms with van der Waals surface area (Å²) in [6, 6.07) is 16.6. The molecule has 0 saturated carbocycles. The highest BCUT2D eigenvalue weighted by Gasteiger charge is 2.10. The van der Waals surface area contributed by atoms with Crippen molar-refractivity contribution >= 4 is 6.09 Å². The van der Waals surface area contributed by atoms with E-state index < -0.39 is 12.3 Å². The SMILES string of the molecule is COc1ccc(C[C@@H](O)NC(=O)OCc2ccccc2)cc1. The summed E-state index contributed by atoms with van der Waals surface area (Å²) in [5.74, 6) is 0.744. The van der Waals surface area contributed by atoms with E-state index in [4.69, 9.17) is 9.47 Å². The number of rotatable bonds is 6. The maximum absolute atomic E-state index is 11.6. The first-order chi connectivity index (χ1) is 10.7. The highest BCUT2D eigenvalue weighted by atomic mass is 16.6. The average Bonchev–Trinajstić information content (AvgIpc) is 2.54. The van der Waals surface area contributed by atoms with E-state index in [1.807, 2.05) is 42.5 Å². The number of benzene rings is 2. The molecule has 0 aliphatic carbocycles. The van der Waals surface area contributed by atoms with Gasteiger partial charge in [-0.25, -0.2) is 4.79 Å². The lowest BCUT2D eigenvalue weighted by Gasteiger charge is -2.13. The Balaban J connectivity index is 1.75. The van der Waals surface area contributed by atoms with Crippen molar-refractivity contribution in [1.82, 2.24) is 5.32 Å². The molecule has 0 fully saturated rings. The van der Waals surface area contributed by atoms with Gasteiger partial charge in [-0.1, -0.05) is 42.5 Å². The molecule has 0 unspecified atom stereocenters. The minimum Gasteiger partial charge on any atom is -0.497 e. The molecule has 5 nitrogen and oxygen atoms in total. The number of amides is 1. The van der Waals surface area contributed by atoms with Crippen LogP contribution in [-0.4, -0.2) is 24.5 Å². The van der Waals surface area contributed by atoms with E-state index in [0.29, 0.717) is 6.42 Å². The quantitative estimate of drug-likeness (QED) is 0.804. The van der Waals surface area contributed by atoms with Crippen molar-refractivity contribution in [3.63, 3.8) is 0 Å². The lowest BCUT2D eigenvalue weighted by molar-refractivity contribution is 0.0949. The Bertz CT molecular complexity index is 583. The zero-order chi connectivity index (χ0) is 15.8. The van der Waals surface area contributed by atoms with Gasteiger partial charge in [0.15, 0.2) is 0 Å². The second-order valence-electron chi connectivity index (χ2n) is 4.77. The molecule has 0 spiro atoms. The van der Waals surface area contributed by atoms with Gasteiger partial charge in [-0.15, -0.1) is 0 Å². The van der Waals surface area contributed by atoms with E-state index in [-0.39, 0.29) is 6.61 Å².